The second-order valence-electron chi connectivity index (χ2n) is 9.76. The van der Waals surface area contributed by atoms with Gasteiger partial charge in [-0.05, 0) is 65.7 Å². The van der Waals surface area contributed by atoms with Crippen molar-refractivity contribution in [3.05, 3.63) is 117 Å². The second-order valence-corrected chi connectivity index (χ2v) is 11.7. The zero-order valence-electron chi connectivity index (χ0n) is 22.6. The number of thiazole rings is 1. The first kappa shape index (κ1) is 26.7. The van der Waals surface area contributed by atoms with Crippen molar-refractivity contribution in [2.75, 3.05) is 12.0 Å². The predicted octanol–water partition coefficient (Wildman–Crippen LogP) is 7.35. The number of hydrogen-bond donors (Lipinski definition) is 1. The van der Waals surface area contributed by atoms with Gasteiger partial charge in [0, 0.05) is 0 Å². The zero-order valence-corrected chi connectivity index (χ0v) is 24.2. The van der Waals surface area contributed by atoms with Crippen LogP contribution in [-0.2, 0) is 11.4 Å². The van der Waals surface area contributed by atoms with Crippen LogP contribution in [0.1, 0.15) is 38.0 Å². The summed E-state index contributed by atoms with van der Waals surface area (Å²) >= 11 is 2.60. The third-order valence-electron chi connectivity index (χ3n) is 6.96. The molecule has 41 heavy (non-hydrogen) atoms. The SMILES string of the molecule is COc1cc(C2C(C(=O)c3cccs3)=C(O)C(=O)N2c2nc3c(C)cc(C)cc3s2)ccc1OCc1ccccc1. The monoisotopic (exact) mass is 582 g/mol. The number of aliphatic hydroxyl groups is 1. The fourth-order valence-electron chi connectivity index (χ4n) is 5.06. The molecule has 1 N–H and O–H groups in total. The summed E-state index contributed by atoms with van der Waals surface area (Å²) in [5.41, 5.74) is 4.44. The van der Waals surface area contributed by atoms with Gasteiger partial charge >= 0.3 is 0 Å². The van der Waals surface area contributed by atoms with E-state index in [0.29, 0.717) is 33.7 Å². The molecular formula is C32H26N2O5S2. The summed E-state index contributed by atoms with van der Waals surface area (Å²) in [4.78, 5) is 34.0. The highest BCUT2D eigenvalue weighted by molar-refractivity contribution is 7.22. The lowest BCUT2D eigenvalue weighted by Crippen LogP contribution is -2.31. The number of amides is 1. The molecule has 2 aromatic heterocycles. The van der Waals surface area contributed by atoms with Gasteiger partial charge in [0.2, 0.25) is 5.78 Å². The van der Waals surface area contributed by atoms with Crippen molar-refractivity contribution in [1.29, 1.82) is 0 Å². The van der Waals surface area contributed by atoms with E-state index < -0.39 is 23.5 Å². The summed E-state index contributed by atoms with van der Waals surface area (Å²) in [7, 11) is 1.54. The normalized spacial score (nSPS) is 15.1. The fraction of sp³-hybridized carbons (Fsp3) is 0.156. The predicted molar refractivity (Wildman–Crippen MR) is 161 cm³/mol. The lowest BCUT2D eigenvalue weighted by molar-refractivity contribution is -0.117. The third-order valence-corrected chi connectivity index (χ3v) is 8.83. The number of rotatable bonds is 8. The molecule has 3 aromatic carbocycles. The van der Waals surface area contributed by atoms with Crippen LogP contribution >= 0.6 is 22.7 Å². The van der Waals surface area contributed by atoms with E-state index in [9.17, 15) is 14.7 Å². The quantitative estimate of drug-likeness (QED) is 0.193. The first-order valence-corrected chi connectivity index (χ1v) is 14.6. The van der Waals surface area contributed by atoms with E-state index in [-0.39, 0.29) is 5.57 Å². The summed E-state index contributed by atoms with van der Waals surface area (Å²) in [6.07, 6.45) is 0. The topological polar surface area (TPSA) is 89.0 Å². The van der Waals surface area contributed by atoms with Crippen LogP contribution in [0.2, 0.25) is 0 Å². The molecule has 6 rings (SSSR count). The van der Waals surface area contributed by atoms with Crippen LogP contribution in [-0.4, -0.2) is 28.9 Å². The van der Waals surface area contributed by atoms with E-state index in [1.165, 1.54) is 34.7 Å². The van der Waals surface area contributed by atoms with Gasteiger partial charge in [-0.2, -0.15) is 0 Å². The molecule has 7 nitrogen and oxygen atoms in total. The molecule has 0 saturated carbocycles. The number of fused-ring (bicyclic) bond motifs is 1. The van der Waals surface area contributed by atoms with E-state index in [1.54, 1.807) is 35.7 Å². The summed E-state index contributed by atoms with van der Waals surface area (Å²) in [6, 6.07) is 21.7. The minimum absolute atomic E-state index is 0.00427. The van der Waals surface area contributed by atoms with Gasteiger partial charge in [0.25, 0.3) is 5.91 Å². The zero-order chi connectivity index (χ0) is 28.7. The Hall–Kier alpha value is -4.47. The maximum absolute atomic E-state index is 13.7. The number of benzene rings is 3. The van der Waals surface area contributed by atoms with Crippen LogP contribution in [0, 0.1) is 13.8 Å². The number of methoxy groups -OCH3 is 1. The third kappa shape index (κ3) is 4.87. The molecule has 5 aromatic rings. The summed E-state index contributed by atoms with van der Waals surface area (Å²) in [6.45, 7) is 4.33. The van der Waals surface area contributed by atoms with Gasteiger partial charge in [0.15, 0.2) is 22.4 Å². The Morgan fingerprint density at radius 3 is 2.56 bits per heavy atom. The van der Waals surface area contributed by atoms with E-state index in [0.717, 1.165) is 26.9 Å². The molecule has 1 amide bonds. The number of aliphatic hydroxyl groups excluding tert-OH is 1. The molecule has 206 valence electrons. The molecule has 1 unspecified atom stereocenters. The maximum atomic E-state index is 13.7. The number of aryl methyl sites for hydroxylation is 2. The summed E-state index contributed by atoms with van der Waals surface area (Å²) in [5.74, 6) is -0.706. The van der Waals surface area contributed by atoms with Crippen LogP contribution < -0.4 is 14.4 Å². The van der Waals surface area contributed by atoms with Crippen LogP contribution in [0.3, 0.4) is 0 Å². The number of hydrogen-bond acceptors (Lipinski definition) is 8. The molecule has 0 bridgehead atoms. The highest BCUT2D eigenvalue weighted by Crippen LogP contribution is 2.46. The summed E-state index contributed by atoms with van der Waals surface area (Å²) < 4.78 is 12.6. The lowest BCUT2D eigenvalue weighted by atomic mass is 9.95. The Morgan fingerprint density at radius 2 is 1.83 bits per heavy atom. The van der Waals surface area contributed by atoms with Crippen molar-refractivity contribution in [3.63, 3.8) is 0 Å². The Balaban J connectivity index is 1.45. The molecule has 3 heterocycles. The molecule has 0 saturated heterocycles. The Kier molecular flexibility index (Phi) is 7.07. The van der Waals surface area contributed by atoms with Crippen molar-refractivity contribution in [2.24, 2.45) is 0 Å². The first-order valence-electron chi connectivity index (χ1n) is 12.9. The van der Waals surface area contributed by atoms with E-state index in [2.05, 4.69) is 0 Å². The number of thiophene rings is 1. The highest BCUT2D eigenvalue weighted by Gasteiger charge is 2.46. The molecule has 0 radical (unpaired) electrons. The number of carbonyl (C=O) groups excluding carboxylic acids is 2. The number of ketones is 1. The van der Waals surface area contributed by atoms with Crippen LogP contribution in [0.4, 0.5) is 5.13 Å². The Labute approximate surface area is 244 Å². The molecular weight excluding hydrogens is 556 g/mol. The minimum atomic E-state index is -0.920. The number of nitrogens with zero attached hydrogens (tertiary/aromatic N) is 2. The minimum Gasteiger partial charge on any atom is -0.503 e. The van der Waals surface area contributed by atoms with Crippen LogP contribution in [0.5, 0.6) is 11.5 Å². The standard InChI is InChI=1S/C32H26N2O5S2/c1-18-14-19(2)27-25(15-18)41-32(33-27)34-28(26(30(36)31(34)37)29(35)24-10-7-13-40-24)21-11-12-22(23(16-21)38-3)39-17-20-8-5-4-6-9-20/h4-16,28,36H,17H2,1-3H3. The molecule has 0 spiro atoms. The lowest BCUT2D eigenvalue weighted by Gasteiger charge is -2.25. The van der Waals surface area contributed by atoms with Crippen LogP contribution in [0.15, 0.2) is 89.5 Å². The van der Waals surface area contributed by atoms with E-state index >= 15 is 0 Å². The van der Waals surface area contributed by atoms with Crippen molar-refractivity contribution in [2.45, 2.75) is 26.5 Å². The molecule has 9 heteroatoms. The summed E-state index contributed by atoms with van der Waals surface area (Å²) in [5, 5.41) is 13.3. The van der Waals surface area contributed by atoms with Gasteiger partial charge in [-0.25, -0.2) is 4.98 Å². The van der Waals surface area contributed by atoms with Gasteiger partial charge < -0.3 is 14.6 Å². The van der Waals surface area contributed by atoms with Gasteiger partial charge in [0.1, 0.15) is 6.61 Å². The largest absolute Gasteiger partial charge is 0.503 e. The van der Waals surface area contributed by atoms with E-state index in [4.69, 9.17) is 14.5 Å². The maximum Gasteiger partial charge on any atom is 0.296 e. The first-order chi connectivity index (χ1) is 19.9. The average Bonchev–Trinajstić information content (AvgIpc) is 3.71. The van der Waals surface area contributed by atoms with Crippen molar-refractivity contribution >= 4 is 49.7 Å². The van der Waals surface area contributed by atoms with Crippen molar-refractivity contribution in [3.8, 4) is 11.5 Å². The molecule has 0 fully saturated rings. The van der Waals surface area contributed by atoms with Gasteiger partial charge in [-0.3, -0.25) is 14.5 Å². The average molecular weight is 583 g/mol. The molecule has 0 aliphatic carbocycles. The molecule has 1 aliphatic rings. The fourth-order valence-corrected chi connectivity index (χ4v) is 6.91. The number of ether oxygens (including phenoxy) is 2. The number of aromatic nitrogens is 1. The molecule has 1 aliphatic heterocycles. The molecule has 1 atom stereocenters. The number of Topliss-reactive ketones (excluding diaryl/α,β-unsaturated/α-hetero) is 1. The Bertz CT molecular complexity index is 1810. The van der Waals surface area contributed by atoms with Gasteiger partial charge in [-0.15, -0.1) is 11.3 Å². The van der Waals surface area contributed by atoms with Crippen molar-refractivity contribution < 1.29 is 24.2 Å². The highest BCUT2D eigenvalue weighted by atomic mass is 32.1. The van der Waals surface area contributed by atoms with Crippen LogP contribution in [0.25, 0.3) is 10.2 Å². The van der Waals surface area contributed by atoms with Gasteiger partial charge in [-0.1, -0.05) is 59.9 Å². The smallest absolute Gasteiger partial charge is 0.296 e. The second kappa shape index (κ2) is 10.8. The number of anilines is 1. The Morgan fingerprint density at radius 1 is 1.02 bits per heavy atom. The number of carbonyl (C=O) groups is 2. The van der Waals surface area contributed by atoms with Crippen molar-refractivity contribution in [1.82, 2.24) is 4.98 Å². The van der Waals surface area contributed by atoms with E-state index in [1.807, 2.05) is 56.3 Å². The van der Waals surface area contributed by atoms with Gasteiger partial charge in [0.05, 0.1) is 33.8 Å².